The molecule has 2 bridgehead atoms. The van der Waals surface area contributed by atoms with E-state index in [0.717, 1.165) is 12.8 Å². The van der Waals surface area contributed by atoms with Gasteiger partial charge in [-0.2, -0.15) is 0 Å². The molecule has 0 radical (unpaired) electrons. The van der Waals surface area contributed by atoms with E-state index < -0.39 is 11.4 Å². The van der Waals surface area contributed by atoms with E-state index in [-0.39, 0.29) is 6.10 Å². The summed E-state index contributed by atoms with van der Waals surface area (Å²) in [6, 6.07) is 8.37. The first-order chi connectivity index (χ1) is 8.63. The van der Waals surface area contributed by atoms with Crippen LogP contribution in [0.2, 0.25) is 0 Å². The van der Waals surface area contributed by atoms with Crippen molar-refractivity contribution in [1.29, 1.82) is 0 Å². The van der Waals surface area contributed by atoms with Crippen LogP contribution in [0.1, 0.15) is 37.8 Å². The minimum absolute atomic E-state index is 0.0418. The number of hydrogen-bond acceptors (Lipinski definition) is 3. The molecule has 0 amide bonds. The molecule has 3 aliphatic heterocycles. The second-order valence-electron chi connectivity index (χ2n) is 5.62. The van der Waals surface area contributed by atoms with Crippen molar-refractivity contribution >= 4 is 5.57 Å². The van der Waals surface area contributed by atoms with Gasteiger partial charge in [0.1, 0.15) is 6.10 Å². The largest absolute Gasteiger partial charge is 0.336 e. The van der Waals surface area contributed by atoms with Gasteiger partial charge < -0.3 is 4.74 Å². The molecule has 3 fully saturated rings. The summed E-state index contributed by atoms with van der Waals surface area (Å²) in [5.74, 6) is -0.588. The molecule has 94 valence electrons. The normalized spacial score (nSPS) is 41.0. The van der Waals surface area contributed by atoms with Crippen LogP contribution >= 0.6 is 0 Å². The third kappa shape index (κ3) is 1.19. The summed E-state index contributed by atoms with van der Waals surface area (Å²) in [5.41, 5.74) is 3.23. The van der Waals surface area contributed by atoms with Crippen LogP contribution in [0.4, 0.5) is 0 Å². The fourth-order valence-electron chi connectivity index (χ4n) is 3.30. The Morgan fingerprint density at radius 2 is 2.00 bits per heavy atom. The lowest BCUT2D eigenvalue weighted by Gasteiger charge is -2.55. The predicted molar refractivity (Wildman–Crippen MR) is 66.5 cm³/mol. The molecule has 4 aliphatic rings. The average Bonchev–Trinajstić information content (AvgIpc) is 2.39. The van der Waals surface area contributed by atoms with Crippen molar-refractivity contribution < 1.29 is 14.5 Å². The zero-order valence-corrected chi connectivity index (χ0v) is 10.6. The van der Waals surface area contributed by atoms with Gasteiger partial charge in [0.2, 0.25) is 0 Å². The standard InChI is InChI=1S/C15H16O3/c1-10-9-13-15(12-6-4-3-5-11(10)12)8-7-14(2,16-13)17-18-15/h3-6,9,13H,7-8H2,1-2H3/t13-,14-,15-/m0/s1. The highest BCUT2D eigenvalue weighted by atomic mass is 17.3. The van der Waals surface area contributed by atoms with Crippen LogP contribution < -0.4 is 0 Å². The van der Waals surface area contributed by atoms with Gasteiger partial charge >= 0.3 is 0 Å². The first-order valence-electron chi connectivity index (χ1n) is 6.46. The van der Waals surface area contributed by atoms with Crippen LogP contribution in [0.25, 0.3) is 5.57 Å². The Labute approximate surface area is 106 Å². The van der Waals surface area contributed by atoms with Crippen molar-refractivity contribution in [2.75, 3.05) is 0 Å². The lowest BCUT2D eigenvalue weighted by atomic mass is 9.73. The van der Waals surface area contributed by atoms with Crippen LogP contribution in [0, 0.1) is 0 Å². The van der Waals surface area contributed by atoms with Gasteiger partial charge in [-0.15, -0.1) is 0 Å². The summed E-state index contributed by atoms with van der Waals surface area (Å²) in [4.78, 5) is 11.2. The Balaban J connectivity index is 1.93. The van der Waals surface area contributed by atoms with Gasteiger partial charge in [-0.05, 0) is 43.0 Å². The first-order valence-corrected chi connectivity index (χ1v) is 6.46. The zero-order valence-electron chi connectivity index (χ0n) is 10.6. The number of ether oxygens (including phenoxy) is 1. The minimum atomic E-state index is -0.588. The predicted octanol–water partition coefficient (Wildman–Crippen LogP) is 3.16. The van der Waals surface area contributed by atoms with E-state index in [1.165, 1.54) is 16.7 Å². The molecule has 3 atom stereocenters. The van der Waals surface area contributed by atoms with Gasteiger partial charge in [0.25, 0.3) is 0 Å². The Hall–Kier alpha value is -1.16. The highest BCUT2D eigenvalue weighted by Crippen LogP contribution is 2.54. The van der Waals surface area contributed by atoms with Gasteiger partial charge in [0, 0.05) is 6.42 Å². The monoisotopic (exact) mass is 244 g/mol. The second kappa shape index (κ2) is 3.23. The lowest BCUT2D eigenvalue weighted by molar-refractivity contribution is -0.551. The van der Waals surface area contributed by atoms with E-state index in [4.69, 9.17) is 14.5 Å². The quantitative estimate of drug-likeness (QED) is 0.656. The number of allylic oxidation sites excluding steroid dienone is 1. The molecular weight excluding hydrogens is 228 g/mol. The molecule has 0 N–H and O–H groups in total. The zero-order chi connectivity index (χ0) is 12.4. The molecule has 0 aromatic heterocycles. The molecule has 1 aliphatic carbocycles. The van der Waals surface area contributed by atoms with E-state index >= 15 is 0 Å². The maximum absolute atomic E-state index is 6.07. The fraction of sp³-hybridized carbons (Fsp3) is 0.467. The van der Waals surface area contributed by atoms with Crippen LogP contribution in [0.15, 0.2) is 30.3 Å². The third-order valence-corrected chi connectivity index (χ3v) is 4.36. The van der Waals surface area contributed by atoms with E-state index in [1.807, 2.05) is 6.92 Å². The van der Waals surface area contributed by atoms with Crippen LogP contribution in [-0.2, 0) is 20.1 Å². The van der Waals surface area contributed by atoms with E-state index in [0.29, 0.717) is 0 Å². The van der Waals surface area contributed by atoms with Crippen molar-refractivity contribution in [2.24, 2.45) is 0 Å². The van der Waals surface area contributed by atoms with Crippen molar-refractivity contribution in [3.63, 3.8) is 0 Å². The summed E-state index contributed by atoms with van der Waals surface area (Å²) in [7, 11) is 0. The SMILES string of the molecule is CC1=C[C@@H]2O[C@]3(C)CC[C@]2(OO3)c2ccccc21. The Morgan fingerprint density at radius 1 is 1.17 bits per heavy atom. The van der Waals surface area contributed by atoms with E-state index in [9.17, 15) is 0 Å². The van der Waals surface area contributed by atoms with Gasteiger partial charge in [0.05, 0.1) is 0 Å². The second-order valence-corrected chi connectivity index (χ2v) is 5.62. The van der Waals surface area contributed by atoms with E-state index in [2.05, 4.69) is 37.3 Å². The van der Waals surface area contributed by atoms with Gasteiger partial charge in [-0.3, -0.25) is 0 Å². The molecule has 18 heavy (non-hydrogen) atoms. The topological polar surface area (TPSA) is 27.7 Å². The molecule has 1 spiro atoms. The number of hydrogen-bond donors (Lipinski definition) is 0. The molecule has 3 heterocycles. The number of fused-ring (bicyclic) bond motifs is 3. The molecule has 0 unspecified atom stereocenters. The average molecular weight is 244 g/mol. The molecule has 3 saturated heterocycles. The minimum Gasteiger partial charge on any atom is -0.336 e. The summed E-state index contributed by atoms with van der Waals surface area (Å²) < 4.78 is 6.07. The number of benzene rings is 1. The summed E-state index contributed by atoms with van der Waals surface area (Å²) >= 11 is 0. The van der Waals surface area contributed by atoms with Crippen LogP contribution in [0.3, 0.4) is 0 Å². The van der Waals surface area contributed by atoms with Crippen LogP contribution in [-0.4, -0.2) is 11.9 Å². The van der Waals surface area contributed by atoms with Gasteiger partial charge in [-0.1, -0.05) is 24.3 Å². The first kappa shape index (κ1) is 10.7. The van der Waals surface area contributed by atoms with E-state index in [1.54, 1.807) is 0 Å². The fourth-order valence-corrected chi connectivity index (χ4v) is 3.30. The third-order valence-electron chi connectivity index (χ3n) is 4.36. The Kier molecular flexibility index (Phi) is 1.93. The Bertz CT molecular complexity index is 538. The van der Waals surface area contributed by atoms with Crippen molar-refractivity contribution in [3.05, 3.63) is 41.5 Å². The maximum atomic E-state index is 6.07. The lowest BCUT2D eigenvalue weighted by Crippen LogP contribution is -2.61. The van der Waals surface area contributed by atoms with Crippen molar-refractivity contribution in [3.8, 4) is 0 Å². The van der Waals surface area contributed by atoms with Crippen LogP contribution in [0.5, 0.6) is 0 Å². The smallest absolute Gasteiger partial charge is 0.199 e. The molecule has 3 nitrogen and oxygen atoms in total. The summed E-state index contributed by atoms with van der Waals surface area (Å²) in [6.45, 7) is 4.07. The molecular formula is C15H16O3. The highest BCUT2D eigenvalue weighted by molar-refractivity contribution is 5.71. The maximum Gasteiger partial charge on any atom is 0.199 e. The molecule has 0 saturated carbocycles. The summed E-state index contributed by atoms with van der Waals surface area (Å²) in [6.07, 6.45) is 3.93. The van der Waals surface area contributed by atoms with Gasteiger partial charge in [0.15, 0.2) is 11.4 Å². The highest BCUT2D eigenvalue weighted by Gasteiger charge is 2.59. The molecule has 5 rings (SSSR count). The Morgan fingerprint density at radius 3 is 2.78 bits per heavy atom. The van der Waals surface area contributed by atoms with Gasteiger partial charge in [-0.25, -0.2) is 9.78 Å². The molecule has 1 aromatic carbocycles. The molecule has 3 heteroatoms. The summed E-state index contributed by atoms with van der Waals surface area (Å²) in [5, 5.41) is 0. The van der Waals surface area contributed by atoms with Crippen molar-refractivity contribution in [1.82, 2.24) is 0 Å². The van der Waals surface area contributed by atoms with Crippen molar-refractivity contribution in [2.45, 2.75) is 44.2 Å². The number of rotatable bonds is 0. The molecule has 1 aromatic rings.